The van der Waals surface area contributed by atoms with E-state index >= 15 is 0 Å². The Morgan fingerprint density at radius 2 is 0.833 bits per heavy atom. The van der Waals surface area contributed by atoms with Crippen LogP contribution in [-0.4, -0.2) is 36.6 Å². The molecule has 3 nitrogen and oxygen atoms in total. The lowest BCUT2D eigenvalue weighted by molar-refractivity contribution is 0.102. The van der Waals surface area contributed by atoms with E-state index in [1.54, 1.807) is 0 Å². The summed E-state index contributed by atoms with van der Waals surface area (Å²) in [6.45, 7) is 8.68. The van der Waals surface area contributed by atoms with Gasteiger partial charge in [-0.15, -0.1) is 0 Å². The van der Waals surface area contributed by atoms with Crippen LogP contribution in [0.15, 0.2) is 133 Å². The maximum atomic E-state index is 12.9. The van der Waals surface area contributed by atoms with Crippen molar-refractivity contribution in [3.8, 4) is 22.3 Å². The van der Waals surface area contributed by atoms with Gasteiger partial charge in [0.2, 0.25) is 0 Å². The van der Waals surface area contributed by atoms with Crippen molar-refractivity contribution in [2.75, 3.05) is 20.1 Å². The Kier molecular flexibility index (Phi) is 7.84. The topological polar surface area (TPSA) is 37.4 Å². The standard InChI is InChI=1S/C33H29NO2/c1-24(32(35)30-18-14-28(15-19-30)26-10-6-4-7-11-26)22-34(3)23-25(2)33(36)31-20-16-29(17-21-31)27-12-8-5-9-13-27/h4-21H,1-2,22-23H2,3H3. The third kappa shape index (κ3) is 6.01. The van der Waals surface area contributed by atoms with Gasteiger partial charge in [-0.2, -0.15) is 0 Å². The first-order valence-electron chi connectivity index (χ1n) is 11.9. The fourth-order valence-electron chi connectivity index (χ4n) is 4.15. The number of carbonyl (C=O) groups excluding carboxylic acids is 2. The second-order valence-corrected chi connectivity index (χ2v) is 8.92. The Labute approximate surface area is 213 Å². The van der Waals surface area contributed by atoms with Gasteiger partial charge in [0.1, 0.15) is 0 Å². The molecule has 0 saturated carbocycles. The number of hydrogen-bond acceptors (Lipinski definition) is 3. The Hall–Kier alpha value is -4.34. The van der Waals surface area contributed by atoms with Gasteiger partial charge in [-0.3, -0.25) is 14.5 Å². The molecule has 0 aliphatic heterocycles. The van der Waals surface area contributed by atoms with E-state index in [4.69, 9.17) is 0 Å². The minimum atomic E-state index is -0.102. The zero-order valence-corrected chi connectivity index (χ0v) is 20.5. The number of carbonyl (C=O) groups is 2. The SMILES string of the molecule is C=C(CN(C)CC(=C)C(=O)c1ccc(-c2ccccc2)cc1)C(=O)c1ccc(-c2ccccc2)cc1. The summed E-state index contributed by atoms with van der Waals surface area (Å²) >= 11 is 0. The summed E-state index contributed by atoms with van der Waals surface area (Å²) in [6, 6.07) is 35.2. The van der Waals surface area contributed by atoms with Crippen LogP contribution < -0.4 is 0 Å². The van der Waals surface area contributed by atoms with E-state index in [1.165, 1.54) is 0 Å². The molecule has 4 aromatic carbocycles. The number of hydrogen-bond donors (Lipinski definition) is 0. The average molecular weight is 472 g/mol. The van der Waals surface area contributed by atoms with Gasteiger partial charge in [0.25, 0.3) is 0 Å². The second-order valence-electron chi connectivity index (χ2n) is 8.92. The fourth-order valence-corrected chi connectivity index (χ4v) is 4.15. The molecule has 0 saturated heterocycles. The van der Waals surface area contributed by atoms with Gasteiger partial charge in [0, 0.05) is 35.4 Å². The third-order valence-electron chi connectivity index (χ3n) is 6.07. The van der Waals surface area contributed by atoms with Crippen molar-refractivity contribution in [3.05, 3.63) is 145 Å². The van der Waals surface area contributed by atoms with Crippen LogP contribution in [0, 0.1) is 0 Å². The van der Waals surface area contributed by atoms with Crippen molar-refractivity contribution in [2.45, 2.75) is 0 Å². The molecule has 0 atom stereocenters. The van der Waals surface area contributed by atoms with Crippen LogP contribution in [0.5, 0.6) is 0 Å². The summed E-state index contributed by atoms with van der Waals surface area (Å²) < 4.78 is 0. The van der Waals surface area contributed by atoms with Gasteiger partial charge in [0.05, 0.1) is 0 Å². The van der Waals surface area contributed by atoms with E-state index in [-0.39, 0.29) is 11.6 Å². The van der Waals surface area contributed by atoms with E-state index in [1.807, 2.05) is 121 Å². The largest absolute Gasteiger partial charge is 0.298 e. The number of likely N-dealkylation sites (N-methyl/N-ethyl adjacent to an activating group) is 1. The Bertz CT molecular complexity index is 1260. The zero-order valence-electron chi connectivity index (χ0n) is 20.5. The van der Waals surface area contributed by atoms with Crippen LogP contribution in [0.2, 0.25) is 0 Å². The molecule has 178 valence electrons. The van der Waals surface area contributed by atoms with Crippen LogP contribution in [0.25, 0.3) is 22.3 Å². The molecule has 0 radical (unpaired) electrons. The average Bonchev–Trinajstić information content (AvgIpc) is 2.93. The van der Waals surface area contributed by atoms with E-state index in [9.17, 15) is 9.59 Å². The minimum absolute atomic E-state index is 0.102. The summed E-state index contributed by atoms with van der Waals surface area (Å²) in [4.78, 5) is 27.7. The first-order chi connectivity index (χ1) is 17.4. The van der Waals surface area contributed by atoms with Crippen LogP contribution in [0.4, 0.5) is 0 Å². The first-order valence-corrected chi connectivity index (χ1v) is 11.9. The van der Waals surface area contributed by atoms with Crippen molar-refractivity contribution >= 4 is 11.6 Å². The smallest absolute Gasteiger partial charge is 0.189 e. The molecule has 0 N–H and O–H groups in total. The number of Topliss-reactive ketones (excluding diaryl/α,β-unsaturated/α-hetero) is 2. The van der Waals surface area contributed by atoms with Crippen molar-refractivity contribution in [3.63, 3.8) is 0 Å². The van der Waals surface area contributed by atoms with E-state index < -0.39 is 0 Å². The fraction of sp³-hybridized carbons (Fsp3) is 0.0909. The second kappa shape index (κ2) is 11.4. The maximum Gasteiger partial charge on any atom is 0.189 e. The molecule has 36 heavy (non-hydrogen) atoms. The lowest BCUT2D eigenvalue weighted by Crippen LogP contribution is -2.27. The minimum Gasteiger partial charge on any atom is -0.298 e. The molecule has 0 aromatic heterocycles. The van der Waals surface area contributed by atoms with Crippen molar-refractivity contribution < 1.29 is 9.59 Å². The monoisotopic (exact) mass is 471 g/mol. The van der Waals surface area contributed by atoms with Gasteiger partial charge in [-0.1, -0.05) is 122 Å². The van der Waals surface area contributed by atoms with Crippen LogP contribution in [0.3, 0.4) is 0 Å². The van der Waals surface area contributed by atoms with E-state index in [0.717, 1.165) is 22.3 Å². The summed E-state index contributed by atoms with van der Waals surface area (Å²) in [5, 5.41) is 0. The summed E-state index contributed by atoms with van der Waals surface area (Å²) in [6.07, 6.45) is 0. The van der Waals surface area contributed by atoms with Crippen LogP contribution in [-0.2, 0) is 0 Å². The van der Waals surface area contributed by atoms with E-state index in [2.05, 4.69) is 13.2 Å². The molecule has 0 spiro atoms. The summed E-state index contributed by atoms with van der Waals surface area (Å²) in [7, 11) is 1.86. The normalized spacial score (nSPS) is 10.7. The lowest BCUT2D eigenvalue weighted by atomic mass is 9.99. The molecule has 0 aliphatic rings. The van der Waals surface area contributed by atoms with Crippen LogP contribution >= 0.6 is 0 Å². The number of ketones is 2. The number of nitrogens with zero attached hydrogens (tertiary/aromatic N) is 1. The predicted octanol–water partition coefficient (Wildman–Crippen LogP) is 7.13. The molecule has 0 heterocycles. The molecule has 0 fully saturated rings. The molecular weight excluding hydrogens is 442 g/mol. The van der Waals surface area contributed by atoms with Gasteiger partial charge >= 0.3 is 0 Å². The van der Waals surface area contributed by atoms with Crippen molar-refractivity contribution in [1.29, 1.82) is 0 Å². The molecule has 0 unspecified atom stereocenters. The van der Waals surface area contributed by atoms with E-state index in [0.29, 0.717) is 35.4 Å². The zero-order chi connectivity index (χ0) is 25.5. The molecule has 0 amide bonds. The molecule has 4 rings (SSSR count). The van der Waals surface area contributed by atoms with Crippen LogP contribution in [0.1, 0.15) is 20.7 Å². The Balaban J connectivity index is 1.32. The third-order valence-corrected chi connectivity index (χ3v) is 6.07. The van der Waals surface area contributed by atoms with Crippen molar-refractivity contribution in [2.24, 2.45) is 0 Å². The molecular formula is C33H29NO2. The first kappa shape index (κ1) is 24.8. The Morgan fingerprint density at radius 3 is 1.17 bits per heavy atom. The Morgan fingerprint density at radius 1 is 0.528 bits per heavy atom. The summed E-state index contributed by atoms with van der Waals surface area (Å²) in [5.74, 6) is -0.204. The quantitative estimate of drug-likeness (QED) is 0.182. The lowest BCUT2D eigenvalue weighted by Gasteiger charge is -2.19. The highest BCUT2D eigenvalue weighted by Gasteiger charge is 2.16. The molecule has 0 bridgehead atoms. The van der Waals surface area contributed by atoms with Gasteiger partial charge in [0.15, 0.2) is 11.6 Å². The number of rotatable bonds is 10. The van der Waals surface area contributed by atoms with Crippen molar-refractivity contribution in [1.82, 2.24) is 4.90 Å². The van der Waals surface area contributed by atoms with Gasteiger partial charge in [-0.25, -0.2) is 0 Å². The highest BCUT2D eigenvalue weighted by atomic mass is 16.1. The van der Waals surface area contributed by atoms with Gasteiger partial charge < -0.3 is 0 Å². The highest BCUT2D eigenvalue weighted by molar-refractivity contribution is 6.09. The van der Waals surface area contributed by atoms with Gasteiger partial charge in [-0.05, 0) is 29.3 Å². The molecule has 3 heteroatoms. The molecule has 0 aliphatic carbocycles. The number of benzene rings is 4. The summed E-state index contributed by atoms with van der Waals surface area (Å²) in [5.41, 5.74) is 6.46. The maximum absolute atomic E-state index is 12.9. The predicted molar refractivity (Wildman–Crippen MR) is 148 cm³/mol. The highest BCUT2D eigenvalue weighted by Crippen LogP contribution is 2.22. The molecule has 4 aromatic rings.